The molecule has 2 N–H and O–H groups in total. The molecule has 4 heterocycles. The zero-order chi connectivity index (χ0) is 32.0. The Kier molecular flexibility index (Phi) is 10.3. The number of benzene rings is 1. The number of fused-ring (bicyclic) bond motifs is 2. The van der Waals surface area contributed by atoms with E-state index in [1.54, 1.807) is 0 Å². The van der Waals surface area contributed by atoms with Crippen molar-refractivity contribution >= 4 is 11.9 Å². The summed E-state index contributed by atoms with van der Waals surface area (Å²) in [5, 5.41) is 23.2. The minimum atomic E-state index is -5.08. The second-order valence-electron chi connectivity index (χ2n) is 9.96. The van der Waals surface area contributed by atoms with E-state index in [0.717, 1.165) is 56.8 Å². The highest BCUT2D eigenvalue weighted by Crippen LogP contribution is 2.41. The molecular weight excluding hydrogens is 588 g/mol. The van der Waals surface area contributed by atoms with Gasteiger partial charge >= 0.3 is 24.3 Å². The van der Waals surface area contributed by atoms with Crippen LogP contribution in [0.2, 0.25) is 0 Å². The molecule has 0 unspecified atom stereocenters. The van der Waals surface area contributed by atoms with Crippen LogP contribution >= 0.6 is 0 Å². The van der Waals surface area contributed by atoms with Gasteiger partial charge in [-0.1, -0.05) is 29.8 Å². The molecule has 0 amide bonds. The largest absolute Gasteiger partial charge is 0.490 e. The van der Waals surface area contributed by atoms with Crippen molar-refractivity contribution in [3.8, 4) is 11.3 Å². The first kappa shape index (κ1) is 33.2. The number of aryl methyl sites for hydroxylation is 1. The lowest BCUT2D eigenvalue weighted by Gasteiger charge is -2.38. The van der Waals surface area contributed by atoms with Gasteiger partial charge in [-0.05, 0) is 57.0 Å². The van der Waals surface area contributed by atoms with E-state index < -0.39 is 24.3 Å². The van der Waals surface area contributed by atoms with E-state index in [2.05, 4.69) is 32.2 Å². The number of likely N-dealkylation sites (tertiary alicyclic amines) is 1. The van der Waals surface area contributed by atoms with E-state index in [-0.39, 0.29) is 11.0 Å². The Bertz CT molecular complexity index is 1440. The van der Waals surface area contributed by atoms with Crippen molar-refractivity contribution in [1.82, 2.24) is 24.6 Å². The Hall–Kier alpha value is -4.34. The minimum Gasteiger partial charge on any atom is -0.475 e. The second kappa shape index (κ2) is 13.3. The highest BCUT2D eigenvalue weighted by Gasteiger charge is 2.44. The Morgan fingerprint density at radius 2 is 1.33 bits per heavy atom. The number of nitrogens with zero attached hydrogens (tertiary/aromatic N) is 5. The van der Waals surface area contributed by atoms with Gasteiger partial charge in [0.15, 0.2) is 5.69 Å². The summed E-state index contributed by atoms with van der Waals surface area (Å²) in [6.45, 7) is 5.75. The van der Waals surface area contributed by atoms with Crippen molar-refractivity contribution in [3.05, 3.63) is 76.1 Å². The molecule has 0 aliphatic carbocycles. The number of carboxylic acids is 2. The standard InChI is InChI=1S/C23H25N5O.2C2HF3O2/c1-17-2-4-19(5-3-17)20-21(29)28-15-10-23(22(28)26-25-20)8-13-27(14-9-23)16-18-6-11-24-12-7-18;2*3-2(4,5)1(6)7/h2-7,11-12H,8-10,13-16H2,1H3;2*(H,6,7). The lowest BCUT2D eigenvalue weighted by molar-refractivity contribution is -0.193. The first-order valence-corrected chi connectivity index (χ1v) is 12.8. The van der Waals surface area contributed by atoms with Gasteiger partial charge in [0, 0.05) is 36.5 Å². The number of rotatable bonds is 3. The van der Waals surface area contributed by atoms with Crippen LogP contribution in [0.15, 0.2) is 53.6 Å². The van der Waals surface area contributed by atoms with Crippen LogP contribution in [0.4, 0.5) is 26.3 Å². The van der Waals surface area contributed by atoms with Gasteiger partial charge in [-0.15, -0.1) is 10.2 Å². The van der Waals surface area contributed by atoms with Gasteiger partial charge in [-0.25, -0.2) is 9.59 Å². The summed E-state index contributed by atoms with van der Waals surface area (Å²) in [5.41, 5.74) is 3.75. The fourth-order valence-electron chi connectivity index (χ4n) is 4.71. The summed E-state index contributed by atoms with van der Waals surface area (Å²) < 4.78 is 65.3. The van der Waals surface area contributed by atoms with Crippen LogP contribution in [0.5, 0.6) is 0 Å². The van der Waals surface area contributed by atoms with E-state index in [9.17, 15) is 31.1 Å². The minimum absolute atomic E-state index is 0.00468. The van der Waals surface area contributed by atoms with Gasteiger partial charge in [-0.3, -0.25) is 19.2 Å². The summed E-state index contributed by atoms with van der Waals surface area (Å²) >= 11 is 0. The normalized spacial score (nSPS) is 15.9. The van der Waals surface area contributed by atoms with Crippen molar-refractivity contribution in [1.29, 1.82) is 0 Å². The SMILES string of the molecule is Cc1ccc(-c2nnc3n(c2=O)CCC32CCN(Cc3ccncc3)CC2)cc1.O=C(O)C(F)(F)F.O=C(O)C(F)(F)F. The molecule has 2 aromatic heterocycles. The van der Waals surface area contributed by atoms with Crippen molar-refractivity contribution in [2.24, 2.45) is 0 Å². The van der Waals surface area contributed by atoms with E-state index >= 15 is 0 Å². The molecule has 1 saturated heterocycles. The molecule has 43 heavy (non-hydrogen) atoms. The molecule has 16 heteroatoms. The van der Waals surface area contributed by atoms with Crippen LogP contribution in [0.3, 0.4) is 0 Å². The van der Waals surface area contributed by atoms with Crippen LogP contribution in [0.1, 0.15) is 36.2 Å². The first-order valence-electron chi connectivity index (χ1n) is 12.8. The lowest BCUT2D eigenvalue weighted by Crippen LogP contribution is -2.42. The highest BCUT2D eigenvalue weighted by molar-refractivity contribution is 5.73. The number of hydrogen-bond acceptors (Lipinski definition) is 7. The molecule has 10 nitrogen and oxygen atoms in total. The predicted octanol–water partition coefficient (Wildman–Crippen LogP) is 4.21. The molecule has 0 bridgehead atoms. The van der Waals surface area contributed by atoms with Crippen LogP contribution in [0.25, 0.3) is 11.3 Å². The average Bonchev–Trinajstić information content (AvgIpc) is 3.30. The molecule has 232 valence electrons. The third-order valence-electron chi connectivity index (χ3n) is 7.02. The molecule has 0 radical (unpaired) electrons. The number of hydrogen-bond donors (Lipinski definition) is 2. The third kappa shape index (κ3) is 8.59. The molecule has 0 saturated carbocycles. The van der Waals surface area contributed by atoms with Gasteiger partial charge in [0.25, 0.3) is 5.56 Å². The Morgan fingerprint density at radius 1 is 0.837 bits per heavy atom. The molecule has 0 atom stereocenters. The van der Waals surface area contributed by atoms with Crippen molar-refractivity contribution in [3.63, 3.8) is 0 Å². The predicted molar refractivity (Wildman–Crippen MR) is 139 cm³/mol. The third-order valence-corrected chi connectivity index (χ3v) is 7.02. The van der Waals surface area contributed by atoms with E-state index in [1.807, 2.05) is 48.1 Å². The topological polar surface area (TPSA) is 139 Å². The van der Waals surface area contributed by atoms with Crippen molar-refractivity contribution in [2.75, 3.05) is 13.1 Å². The summed E-state index contributed by atoms with van der Waals surface area (Å²) in [6, 6.07) is 12.1. The maximum atomic E-state index is 13.1. The van der Waals surface area contributed by atoms with Gasteiger partial charge in [-0.2, -0.15) is 26.3 Å². The summed E-state index contributed by atoms with van der Waals surface area (Å²) in [5.74, 6) is -4.62. The summed E-state index contributed by atoms with van der Waals surface area (Å²) in [4.78, 5) is 37.5. The zero-order valence-electron chi connectivity index (χ0n) is 22.7. The monoisotopic (exact) mass is 615 g/mol. The van der Waals surface area contributed by atoms with Gasteiger partial charge in [0.05, 0.1) is 0 Å². The first-order chi connectivity index (χ1) is 20.0. The van der Waals surface area contributed by atoms with Crippen LogP contribution < -0.4 is 5.56 Å². The zero-order valence-corrected chi connectivity index (χ0v) is 22.7. The number of aromatic nitrogens is 4. The average molecular weight is 616 g/mol. The number of aliphatic carboxylic acids is 2. The number of alkyl halides is 6. The van der Waals surface area contributed by atoms with Gasteiger partial charge < -0.3 is 10.2 Å². The molecule has 2 aliphatic heterocycles. The molecule has 5 rings (SSSR count). The van der Waals surface area contributed by atoms with E-state index in [1.165, 1.54) is 11.1 Å². The van der Waals surface area contributed by atoms with Gasteiger partial charge in [0.2, 0.25) is 0 Å². The smallest absolute Gasteiger partial charge is 0.475 e. The Morgan fingerprint density at radius 3 is 1.81 bits per heavy atom. The molecule has 2 aliphatic rings. The van der Waals surface area contributed by atoms with E-state index in [0.29, 0.717) is 5.69 Å². The summed E-state index contributed by atoms with van der Waals surface area (Å²) in [7, 11) is 0. The Balaban J connectivity index is 0.000000303. The number of piperidine rings is 1. The number of pyridine rings is 1. The van der Waals surface area contributed by atoms with Crippen LogP contribution in [0, 0.1) is 6.92 Å². The second-order valence-corrected chi connectivity index (χ2v) is 9.96. The molecule has 1 spiro atoms. The lowest BCUT2D eigenvalue weighted by atomic mass is 9.76. The molecule has 3 aromatic rings. The Labute approximate surface area is 240 Å². The maximum absolute atomic E-state index is 13.1. The van der Waals surface area contributed by atoms with Gasteiger partial charge in [0.1, 0.15) is 5.82 Å². The van der Waals surface area contributed by atoms with E-state index in [4.69, 9.17) is 19.8 Å². The number of carbonyl (C=O) groups is 2. The van der Waals surface area contributed by atoms with Crippen LogP contribution in [-0.4, -0.2) is 72.2 Å². The fraction of sp³-hybridized carbons (Fsp3) is 0.407. The van der Waals surface area contributed by atoms with Crippen LogP contribution in [-0.2, 0) is 28.1 Å². The molecular formula is C27H27F6N5O5. The van der Waals surface area contributed by atoms with Crippen molar-refractivity contribution in [2.45, 2.75) is 57.0 Å². The highest BCUT2D eigenvalue weighted by atomic mass is 19.4. The van der Waals surface area contributed by atoms with Crippen molar-refractivity contribution < 1.29 is 46.1 Å². The fourth-order valence-corrected chi connectivity index (χ4v) is 4.71. The number of carboxylic acid groups (broad SMARTS) is 2. The maximum Gasteiger partial charge on any atom is 0.490 e. The quantitative estimate of drug-likeness (QED) is 0.415. The summed E-state index contributed by atoms with van der Waals surface area (Å²) in [6.07, 6.45) is -3.44. The molecule has 1 fully saturated rings. The number of halogens is 6. The molecule has 1 aromatic carbocycles.